The standard InChI is InChI=1S/C14H15N.ClH/c1-11-7-9-13(10-8-11)14(15)12-5-3-2-4-6-12;/h2-10,14H,15H2,1H3;1H/t14-;/m0./s1. The van der Waals surface area contributed by atoms with E-state index in [0.717, 1.165) is 11.1 Å². The molecule has 2 aromatic carbocycles. The van der Waals surface area contributed by atoms with Gasteiger partial charge in [0.1, 0.15) is 0 Å². The highest BCUT2D eigenvalue weighted by atomic mass is 35.5. The van der Waals surface area contributed by atoms with Crippen molar-refractivity contribution in [2.75, 3.05) is 0 Å². The van der Waals surface area contributed by atoms with Crippen LogP contribution in [0.2, 0.25) is 0 Å². The molecule has 0 radical (unpaired) electrons. The Morgan fingerprint density at radius 1 is 0.812 bits per heavy atom. The first-order chi connectivity index (χ1) is 7.27. The first-order valence-corrected chi connectivity index (χ1v) is 5.14. The van der Waals surface area contributed by atoms with Crippen molar-refractivity contribution in [1.29, 1.82) is 0 Å². The number of halogens is 1. The van der Waals surface area contributed by atoms with Gasteiger partial charge in [0.25, 0.3) is 0 Å². The molecule has 0 unspecified atom stereocenters. The maximum atomic E-state index is 6.17. The molecule has 0 aliphatic carbocycles. The Morgan fingerprint density at radius 2 is 1.31 bits per heavy atom. The summed E-state index contributed by atoms with van der Waals surface area (Å²) in [5, 5.41) is 0. The van der Waals surface area contributed by atoms with Gasteiger partial charge in [0.05, 0.1) is 6.04 Å². The van der Waals surface area contributed by atoms with E-state index in [4.69, 9.17) is 5.73 Å². The molecule has 2 heteroatoms. The van der Waals surface area contributed by atoms with Crippen LogP contribution in [0.1, 0.15) is 22.7 Å². The minimum absolute atomic E-state index is 0. The number of hydrogen-bond donors (Lipinski definition) is 1. The smallest absolute Gasteiger partial charge is 0.0551 e. The van der Waals surface area contributed by atoms with Crippen LogP contribution in [-0.2, 0) is 0 Å². The predicted molar refractivity (Wildman–Crippen MR) is 70.9 cm³/mol. The van der Waals surface area contributed by atoms with E-state index in [2.05, 4.69) is 43.3 Å². The van der Waals surface area contributed by atoms with Crippen LogP contribution in [0.5, 0.6) is 0 Å². The van der Waals surface area contributed by atoms with E-state index < -0.39 is 0 Å². The molecule has 0 aliphatic heterocycles. The van der Waals surface area contributed by atoms with E-state index in [1.807, 2.05) is 18.2 Å². The van der Waals surface area contributed by atoms with E-state index >= 15 is 0 Å². The zero-order valence-electron chi connectivity index (χ0n) is 9.26. The van der Waals surface area contributed by atoms with Crippen LogP contribution in [0, 0.1) is 6.92 Å². The number of nitrogens with two attached hydrogens (primary N) is 1. The summed E-state index contributed by atoms with van der Waals surface area (Å²) < 4.78 is 0. The molecule has 1 atom stereocenters. The zero-order valence-corrected chi connectivity index (χ0v) is 10.1. The monoisotopic (exact) mass is 233 g/mol. The Kier molecular flexibility index (Phi) is 4.53. The molecule has 2 aromatic rings. The molecule has 0 heterocycles. The van der Waals surface area contributed by atoms with Crippen molar-refractivity contribution in [1.82, 2.24) is 0 Å². The summed E-state index contributed by atoms with van der Waals surface area (Å²) >= 11 is 0. The van der Waals surface area contributed by atoms with Crippen LogP contribution in [0.25, 0.3) is 0 Å². The molecule has 16 heavy (non-hydrogen) atoms. The average molecular weight is 234 g/mol. The summed E-state index contributed by atoms with van der Waals surface area (Å²) in [5.74, 6) is 0. The third-order valence-electron chi connectivity index (χ3n) is 2.60. The molecule has 0 spiro atoms. The lowest BCUT2D eigenvalue weighted by atomic mass is 9.99. The molecule has 0 fully saturated rings. The number of aryl methyl sites for hydroxylation is 1. The fourth-order valence-electron chi connectivity index (χ4n) is 1.63. The van der Waals surface area contributed by atoms with Crippen LogP contribution in [-0.4, -0.2) is 0 Å². The summed E-state index contributed by atoms with van der Waals surface area (Å²) in [7, 11) is 0. The van der Waals surface area contributed by atoms with E-state index in [9.17, 15) is 0 Å². The van der Waals surface area contributed by atoms with Crippen molar-refractivity contribution >= 4 is 12.4 Å². The third kappa shape index (κ3) is 2.84. The van der Waals surface area contributed by atoms with Crippen LogP contribution in [0.3, 0.4) is 0 Å². The van der Waals surface area contributed by atoms with Gasteiger partial charge in [-0.3, -0.25) is 0 Å². The van der Waals surface area contributed by atoms with Gasteiger partial charge in [-0.25, -0.2) is 0 Å². The normalized spacial score (nSPS) is 11.6. The summed E-state index contributed by atoms with van der Waals surface area (Å²) in [5.41, 5.74) is 9.74. The van der Waals surface area contributed by atoms with Crippen molar-refractivity contribution in [3.05, 3.63) is 71.3 Å². The zero-order chi connectivity index (χ0) is 10.7. The molecule has 0 saturated heterocycles. The molecule has 1 nitrogen and oxygen atoms in total. The third-order valence-corrected chi connectivity index (χ3v) is 2.60. The van der Waals surface area contributed by atoms with Crippen molar-refractivity contribution in [3.63, 3.8) is 0 Å². The van der Waals surface area contributed by atoms with E-state index in [1.54, 1.807) is 0 Å². The minimum Gasteiger partial charge on any atom is -0.320 e. The van der Waals surface area contributed by atoms with Crippen molar-refractivity contribution in [2.45, 2.75) is 13.0 Å². The second-order valence-electron chi connectivity index (χ2n) is 3.80. The Morgan fingerprint density at radius 3 is 1.88 bits per heavy atom. The van der Waals surface area contributed by atoms with Gasteiger partial charge in [0.2, 0.25) is 0 Å². The van der Waals surface area contributed by atoms with Gasteiger partial charge in [-0.2, -0.15) is 0 Å². The van der Waals surface area contributed by atoms with Crippen molar-refractivity contribution in [3.8, 4) is 0 Å². The van der Waals surface area contributed by atoms with E-state index in [-0.39, 0.29) is 18.4 Å². The van der Waals surface area contributed by atoms with Gasteiger partial charge in [-0.15, -0.1) is 12.4 Å². The minimum atomic E-state index is -0.0215. The van der Waals surface area contributed by atoms with Gasteiger partial charge < -0.3 is 5.73 Å². The molecule has 2 rings (SSSR count). The number of hydrogen-bond acceptors (Lipinski definition) is 1. The number of rotatable bonds is 2. The van der Waals surface area contributed by atoms with E-state index in [0.29, 0.717) is 0 Å². The largest absolute Gasteiger partial charge is 0.320 e. The highest BCUT2D eigenvalue weighted by Gasteiger charge is 2.06. The Bertz CT molecular complexity index is 422. The lowest BCUT2D eigenvalue weighted by Gasteiger charge is -2.12. The molecule has 0 aromatic heterocycles. The Labute approximate surface area is 103 Å². The lowest BCUT2D eigenvalue weighted by Crippen LogP contribution is -2.11. The fraction of sp³-hybridized carbons (Fsp3) is 0.143. The summed E-state index contributed by atoms with van der Waals surface area (Å²) in [6, 6.07) is 18.5. The summed E-state index contributed by atoms with van der Waals surface area (Å²) in [4.78, 5) is 0. The van der Waals surface area contributed by atoms with Gasteiger partial charge in [0, 0.05) is 0 Å². The second kappa shape index (κ2) is 5.69. The van der Waals surface area contributed by atoms with Crippen LogP contribution in [0.4, 0.5) is 0 Å². The Hall–Kier alpha value is -1.31. The van der Waals surface area contributed by atoms with Gasteiger partial charge in [-0.1, -0.05) is 60.2 Å². The summed E-state index contributed by atoms with van der Waals surface area (Å²) in [6.07, 6.45) is 0. The molecular weight excluding hydrogens is 218 g/mol. The average Bonchev–Trinajstić information content (AvgIpc) is 2.30. The van der Waals surface area contributed by atoms with Crippen molar-refractivity contribution < 1.29 is 0 Å². The quantitative estimate of drug-likeness (QED) is 0.845. The fourth-order valence-corrected chi connectivity index (χ4v) is 1.63. The Balaban J connectivity index is 0.00000128. The molecular formula is C14H16ClN. The highest BCUT2D eigenvalue weighted by Crippen LogP contribution is 2.19. The summed E-state index contributed by atoms with van der Waals surface area (Å²) in [6.45, 7) is 2.08. The highest BCUT2D eigenvalue weighted by molar-refractivity contribution is 5.85. The topological polar surface area (TPSA) is 26.0 Å². The molecule has 0 bridgehead atoms. The van der Waals surface area contributed by atoms with E-state index in [1.165, 1.54) is 5.56 Å². The lowest BCUT2D eigenvalue weighted by molar-refractivity contribution is 0.871. The maximum Gasteiger partial charge on any atom is 0.0551 e. The van der Waals surface area contributed by atoms with Gasteiger partial charge in [0.15, 0.2) is 0 Å². The van der Waals surface area contributed by atoms with Crippen molar-refractivity contribution in [2.24, 2.45) is 5.73 Å². The second-order valence-corrected chi connectivity index (χ2v) is 3.80. The predicted octanol–water partition coefficient (Wildman–Crippen LogP) is 3.46. The molecule has 2 N–H and O–H groups in total. The first-order valence-electron chi connectivity index (χ1n) is 5.14. The van der Waals surface area contributed by atoms with Gasteiger partial charge in [-0.05, 0) is 18.1 Å². The number of benzene rings is 2. The molecule has 0 saturated carbocycles. The van der Waals surface area contributed by atoms with Crippen LogP contribution < -0.4 is 5.73 Å². The van der Waals surface area contributed by atoms with Crippen LogP contribution in [0.15, 0.2) is 54.6 Å². The van der Waals surface area contributed by atoms with Gasteiger partial charge >= 0.3 is 0 Å². The SMILES string of the molecule is Cc1ccc([C@@H](N)c2ccccc2)cc1.Cl. The maximum absolute atomic E-state index is 6.17. The molecule has 84 valence electrons. The van der Waals surface area contributed by atoms with Crippen LogP contribution >= 0.6 is 12.4 Å². The first kappa shape index (κ1) is 12.8. The molecule has 0 aliphatic rings. The molecule has 0 amide bonds.